The van der Waals surface area contributed by atoms with Crippen molar-refractivity contribution in [3.05, 3.63) is 0 Å². The second kappa shape index (κ2) is 7.84. The van der Waals surface area contributed by atoms with Crippen molar-refractivity contribution in [2.24, 2.45) is 0 Å². The Balaban J connectivity index is 2.69. The predicted molar refractivity (Wildman–Crippen MR) is 42.5 cm³/mol. The highest BCUT2D eigenvalue weighted by Gasteiger charge is 1.85. The fraction of sp³-hybridized carbons (Fsp3) is 0.857. The third-order valence-corrected chi connectivity index (χ3v) is 1.83. The summed E-state index contributed by atoms with van der Waals surface area (Å²) in [5, 5.41) is 8.17. The fourth-order valence-corrected chi connectivity index (χ4v) is 1.12. The molecule has 0 unspecified atom stereocenters. The van der Waals surface area contributed by atoms with Crippen molar-refractivity contribution in [1.82, 2.24) is 0 Å². The Morgan fingerprint density at radius 3 is 2.67 bits per heavy atom. The summed E-state index contributed by atoms with van der Waals surface area (Å²) in [6.45, 7) is 0. The Hall–Kier alpha value is -0.160. The van der Waals surface area contributed by atoms with Gasteiger partial charge in [-0.3, -0.25) is 0 Å². The second-order valence-electron chi connectivity index (χ2n) is 1.96. The van der Waals surface area contributed by atoms with Crippen LogP contribution in [0.1, 0.15) is 25.7 Å². The van der Waals surface area contributed by atoms with E-state index >= 15 is 0 Å². The topological polar surface area (TPSA) is 23.8 Å². The average molecular weight is 143 g/mol. The summed E-state index contributed by atoms with van der Waals surface area (Å²) in [6, 6.07) is 2.14. The van der Waals surface area contributed by atoms with Crippen molar-refractivity contribution in [2.75, 3.05) is 12.0 Å². The van der Waals surface area contributed by atoms with Gasteiger partial charge in [-0.1, -0.05) is 6.42 Å². The molecule has 2 heteroatoms. The molecule has 0 spiro atoms. The summed E-state index contributed by atoms with van der Waals surface area (Å²) < 4.78 is 0. The molecule has 0 aromatic heterocycles. The van der Waals surface area contributed by atoms with Crippen LogP contribution in [0.4, 0.5) is 0 Å². The standard InChI is InChI=1S/C7H13NS/c1-9-7-5-3-2-4-6-8/h2-5,7H2,1H3. The number of hydrogen-bond donors (Lipinski definition) is 0. The Kier molecular flexibility index (Phi) is 7.70. The Morgan fingerprint density at radius 2 is 2.11 bits per heavy atom. The molecule has 0 saturated heterocycles. The van der Waals surface area contributed by atoms with E-state index in [-0.39, 0.29) is 0 Å². The lowest BCUT2D eigenvalue weighted by Gasteiger charge is -1.92. The number of nitrogens with zero attached hydrogens (tertiary/aromatic N) is 1. The van der Waals surface area contributed by atoms with Gasteiger partial charge in [-0.05, 0) is 24.9 Å². The quantitative estimate of drug-likeness (QED) is 0.552. The molecule has 0 aliphatic rings. The van der Waals surface area contributed by atoms with Gasteiger partial charge in [0.15, 0.2) is 0 Å². The van der Waals surface area contributed by atoms with E-state index in [0.717, 1.165) is 12.8 Å². The summed E-state index contributed by atoms with van der Waals surface area (Å²) in [5.74, 6) is 1.24. The van der Waals surface area contributed by atoms with Crippen LogP contribution in [0.25, 0.3) is 0 Å². The normalized spacial score (nSPS) is 8.89. The van der Waals surface area contributed by atoms with Gasteiger partial charge in [-0.25, -0.2) is 0 Å². The maximum Gasteiger partial charge on any atom is 0.0621 e. The summed E-state index contributed by atoms with van der Waals surface area (Å²) in [6.07, 6.45) is 6.41. The van der Waals surface area contributed by atoms with Crippen molar-refractivity contribution in [1.29, 1.82) is 5.26 Å². The van der Waals surface area contributed by atoms with Crippen LogP contribution in [0.3, 0.4) is 0 Å². The molecule has 0 aromatic rings. The first-order valence-corrected chi connectivity index (χ1v) is 4.67. The first-order valence-electron chi connectivity index (χ1n) is 3.27. The highest BCUT2D eigenvalue weighted by Crippen LogP contribution is 2.03. The highest BCUT2D eigenvalue weighted by molar-refractivity contribution is 7.98. The minimum Gasteiger partial charge on any atom is -0.198 e. The van der Waals surface area contributed by atoms with Crippen LogP contribution in [0.5, 0.6) is 0 Å². The monoisotopic (exact) mass is 143 g/mol. The van der Waals surface area contributed by atoms with Crippen LogP contribution in [-0.2, 0) is 0 Å². The third kappa shape index (κ3) is 7.84. The highest BCUT2D eigenvalue weighted by atomic mass is 32.2. The summed E-state index contributed by atoms with van der Waals surface area (Å²) >= 11 is 1.88. The Labute approximate surface area is 61.4 Å². The molecule has 52 valence electrons. The number of thioether (sulfide) groups is 1. The van der Waals surface area contributed by atoms with Gasteiger partial charge in [0.1, 0.15) is 0 Å². The van der Waals surface area contributed by atoms with Crippen LogP contribution in [0, 0.1) is 11.3 Å². The van der Waals surface area contributed by atoms with Crippen LogP contribution in [0.15, 0.2) is 0 Å². The predicted octanol–water partition coefficient (Wildman–Crippen LogP) is 2.43. The molecule has 0 fully saturated rings. The van der Waals surface area contributed by atoms with E-state index in [4.69, 9.17) is 5.26 Å². The van der Waals surface area contributed by atoms with Gasteiger partial charge in [0.25, 0.3) is 0 Å². The van der Waals surface area contributed by atoms with Crippen LogP contribution < -0.4 is 0 Å². The molecule has 0 heterocycles. The summed E-state index contributed by atoms with van der Waals surface area (Å²) in [4.78, 5) is 0. The number of rotatable bonds is 5. The zero-order valence-corrected chi connectivity index (χ0v) is 6.71. The zero-order chi connectivity index (χ0) is 6.95. The van der Waals surface area contributed by atoms with E-state index in [1.165, 1.54) is 18.6 Å². The van der Waals surface area contributed by atoms with Gasteiger partial charge in [-0.15, -0.1) is 0 Å². The van der Waals surface area contributed by atoms with Gasteiger partial charge < -0.3 is 0 Å². The van der Waals surface area contributed by atoms with Crippen molar-refractivity contribution in [2.45, 2.75) is 25.7 Å². The van der Waals surface area contributed by atoms with Crippen LogP contribution >= 0.6 is 11.8 Å². The van der Waals surface area contributed by atoms with Crippen molar-refractivity contribution >= 4 is 11.8 Å². The van der Waals surface area contributed by atoms with Gasteiger partial charge in [0, 0.05) is 6.42 Å². The largest absolute Gasteiger partial charge is 0.198 e. The van der Waals surface area contributed by atoms with Crippen molar-refractivity contribution in [3.8, 4) is 6.07 Å². The average Bonchev–Trinajstić information content (AvgIpc) is 1.89. The van der Waals surface area contributed by atoms with E-state index in [1.54, 1.807) is 0 Å². The molecule has 0 radical (unpaired) electrons. The van der Waals surface area contributed by atoms with E-state index in [9.17, 15) is 0 Å². The van der Waals surface area contributed by atoms with Crippen LogP contribution in [-0.4, -0.2) is 12.0 Å². The zero-order valence-electron chi connectivity index (χ0n) is 5.89. The molecule has 0 aliphatic carbocycles. The van der Waals surface area contributed by atoms with Crippen LogP contribution in [0.2, 0.25) is 0 Å². The summed E-state index contributed by atoms with van der Waals surface area (Å²) in [7, 11) is 0. The number of unbranched alkanes of at least 4 members (excludes halogenated alkanes) is 3. The smallest absolute Gasteiger partial charge is 0.0621 e. The molecule has 0 amide bonds. The molecule has 1 nitrogen and oxygen atoms in total. The molecule has 0 bridgehead atoms. The van der Waals surface area contributed by atoms with Crippen molar-refractivity contribution < 1.29 is 0 Å². The molecule has 0 aromatic carbocycles. The molecule has 9 heavy (non-hydrogen) atoms. The maximum atomic E-state index is 8.17. The lowest BCUT2D eigenvalue weighted by Crippen LogP contribution is -1.78. The minimum atomic E-state index is 0.731. The molecule has 0 N–H and O–H groups in total. The Bertz CT molecular complexity index is 85.4. The van der Waals surface area contributed by atoms with E-state index in [0.29, 0.717) is 0 Å². The lowest BCUT2D eigenvalue weighted by molar-refractivity contribution is 0.740. The molecule has 0 atom stereocenters. The molecule has 0 rings (SSSR count). The second-order valence-corrected chi connectivity index (χ2v) is 2.95. The Morgan fingerprint density at radius 1 is 1.33 bits per heavy atom. The first-order chi connectivity index (χ1) is 4.41. The van der Waals surface area contributed by atoms with Gasteiger partial charge >= 0.3 is 0 Å². The van der Waals surface area contributed by atoms with Gasteiger partial charge in [0.2, 0.25) is 0 Å². The molecule has 0 aliphatic heterocycles. The van der Waals surface area contributed by atoms with E-state index in [1.807, 2.05) is 11.8 Å². The third-order valence-electron chi connectivity index (χ3n) is 1.14. The minimum absolute atomic E-state index is 0.731. The van der Waals surface area contributed by atoms with Gasteiger partial charge in [-0.2, -0.15) is 17.0 Å². The number of hydrogen-bond acceptors (Lipinski definition) is 2. The molecular formula is C7H13NS. The fourth-order valence-electron chi connectivity index (χ4n) is 0.627. The van der Waals surface area contributed by atoms with Gasteiger partial charge in [0.05, 0.1) is 6.07 Å². The number of nitriles is 1. The molecule has 0 saturated carbocycles. The SMILES string of the molecule is CSCCCCCC#N. The van der Waals surface area contributed by atoms with E-state index < -0.39 is 0 Å². The molecular weight excluding hydrogens is 130 g/mol. The van der Waals surface area contributed by atoms with E-state index in [2.05, 4.69) is 12.3 Å². The first kappa shape index (κ1) is 8.84. The lowest BCUT2D eigenvalue weighted by atomic mass is 10.2. The van der Waals surface area contributed by atoms with Crippen molar-refractivity contribution in [3.63, 3.8) is 0 Å². The maximum absolute atomic E-state index is 8.17. The summed E-state index contributed by atoms with van der Waals surface area (Å²) in [5.41, 5.74) is 0.